The number of alkyl halides is 3. The summed E-state index contributed by atoms with van der Waals surface area (Å²) in [6.45, 7) is 2.24. The topological polar surface area (TPSA) is 71.0 Å². The van der Waals surface area contributed by atoms with Gasteiger partial charge in [-0.05, 0) is 44.0 Å². The number of carbonyl (C=O) groups excluding carboxylic acids is 1. The highest BCUT2D eigenvalue weighted by molar-refractivity contribution is 6.00. The standard InChI is InChI=1S/C23H21F4N5O/c1-14-18(31-19-9-8-15(13-30-19)23(25,26)27)7-3-12-32(14)22(33)20-16(5-2-6-17(20)24)21-28-10-4-11-29-21/h2,4-6,8-11,13-14,18H,3,7,12H2,1H3,(H,30,31). The van der Waals surface area contributed by atoms with Gasteiger partial charge in [-0.15, -0.1) is 0 Å². The van der Waals surface area contributed by atoms with Crippen LogP contribution >= 0.6 is 0 Å². The molecule has 33 heavy (non-hydrogen) atoms. The van der Waals surface area contributed by atoms with E-state index < -0.39 is 23.5 Å². The number of benzene rings is 1. The van der Waals surface area contributed by atoms with E-state index in [0.29, 0.717) is 24.9 Å². The number of nitrogens with one attached hydrogen (secondary N) is 1. The van der Waals surface area contributed by atoms with E-state index >= 15 is 0 Å². The molecule has 0 bridgehead atoms. The number of carbonyl (C=O) groups is 1. The number of likely N-dealkylation sites (tertiary alicyclic amines) is 1. The van der Waals surface area contributed by atoms with Gasteiger partial charge in [-0.2, -0.15) is 13.2 Å². The van der Waals surface area contributed by atoms with E-state index in [1.54, 1.807) is 17.0 Å². The molecule has 3 aromatic rings. The highest BCUT2D eigenvalue weighted by atomic mass is 19.4. The van der Waals surface area contributed by atoms with Crippen LogP contribution in [0.4, 0.5) is 23.4 Å². The van der Waals surface area contributed by atoms with E-state index in [0.717, 1.165) is 12.3 Å². The van der Waals surface area contributed by atoms with E-state index in [1.165, 1.54) is 30.6 Å². The zero-order chi connectivity index (χ0) is 23.6. The van der Waals surface area contributed by atoms with Crippen molar-refractivity contribution in [2.45, 2.75) is 38.0 Å². The number of anilines is 1. The maximum absolute atomic E-state index is 14.8. The summed E-state index contributed by atoms with van der Waals surface area (Å²) in [7, 11) is 0. The third-order valence-corrected chi connectivity index (χ3v) is 5.71. The smallest absolute Gasteiger partial charge is 0.365 e. The maximum atomic E-state index is 14.8. The first-order valence-corrected chi connectivity index (χ1v) is 10.4. The molecular formula is C23H21F4N5O. The van der Waals surface area contributed by atoms with Gasteiger partial charge in [0.25, 0.3) is 5.91 Å². The number of aromatic nitrogens is 3. The minimum atomic E-state index is -4.47. The normalized spacial score (nSPS) is 18.8. The van der Waals surface area contributed by atoms with Crippen molar-refractivity contribution in [2.75, 3.05) is 11.9 Å². The predicted molar refractivity (Wildman–Crippen MR) is 114 cm³/mol. The highest BCUT2D eigenvalue weighted by Crippen LogP contribution is 2.30. The van der Waals surface area contributed by atoms with Gasteiger partial charge < -0.3 is 10.2 Å². The van der Waals surface area contributed by atoms with Crippen molar-refractivity contribution in [1.29, 1.82) is 0 Å². The lowest BCUT2D eigenvalue weighted by atomic mass is 9.95. The Morgan fingerprint density at radius 2 is 1.85 bits per heavy atom. The van der Waals surface area contributed by atoms with Crippen molar-refractivity contribution in [3.8, 4) is 11.4 Å². The molecule has 1 aromatic carbocycles. The van der Waals surface area contributed by atoms with Crippen LogP contribution in [0, 0.1) is 5.82 Å². The number of amides is 1. The average Bonchev–Trinajstić information content (AvgIpc) is 2.80. The molecule has 3 heterocycles. The molecule has 0 spiro atoms. The second kappa shape index (κ2) is 9.13. The van der Waals surface area contributed by atoms with Crippen LogP contribution in [0.3, 0.4) is 0 Å². The molecule has 1 amide bonds. The number of piperidine rings is 1. The van der Waals surface area contributed by atoms with Crippen molar-refractivity contribution in [1.82, 2.24) is 19.9 Å². The summed E-state index contributed by atoms with van der Waals surface area (Å²) in [6.07, 6.45) is 0.653. The zero-order valence-electron chi connectivity index (χ0n) is 17.7. The SMILES string of the molecule is CC1C(Nc2ccc(C(F)(F)F)cn2)CCCN1C(=O)c1c(F)cccc1-c1ncccn1. The van der Waals surface area contributed by atoms with Crippen molar-refractivity contribution in [2.24, 2.45) is 0 Å². The molecule has 1 saturated heterocycles. The molecule has 4 rings (SSSR count). The van der Waals surface area contributed by atoms with E-state index in [-0.39, 0.29) is 29.3 Å². The van der Waals surface area contributed by atoms with Crippen LogP contribution in [0.2, 0.25) is 0 Å². The summed E-state index contributed by atoms with van der Waals surface area (Å²) >= 11 is 0. The van der Waals surface area contributed by atoms with E-state index in [9.17, 15) is 22.4 Å². The Kier molecular flexibility index (Phi) is 6.26. The number of nitrogens with zero attached hydrogens (tertiary/aromatic N) is 4. The van der Waals surface area contributed by atoms with Gasteiger partial charge in [0.15, 0.2) is 5.82 Å². The van der Waals surface area contributed by atoms with Gasteiger partial charge >= 0.3 is 6.18 Å². The first-order valence-electron chi connectivity index (χ1n) is 10.4. The summed E-state index contributed by atoms with van der Waals surface area (Å²) in [5.41, 5.74) is -0.645. The average molecular weight is 459 g/mol. The Morgan fingerprint density at radius 3 is 2.52 bits per heavy atom. The quantitative estimate of drug-likeness (QED) is 0.568. The van der Waals surface area contributed by atoms with Crippen molar-refractivity contribution in [3.63, 3.8) is 0 Å². The monoisotopic (exact) mass is 459 g/mol. The van der Waals surface area contributed by atoms with E-state index in [1.807, 2.05) is 6.92 Å². The fourth-order valence-electron chi connectivity index (χ4n) is 3.97. The van der Waals surface area contributed by atoms with E-state index in [4.69, 9.17) is 0 Å². The molecule has 1 fully saturated rings. The number of rotatable bonds is 4. The van der Waals surface area contributed by atoms with E-state index in [2.05, 4.69) is 20.3 Å². The summed E-state index contributed by atoms with van der Waals surface area (Å²) in [5.74, 6) is -0.640. The minimum Gasteiger partial charge on any atom is -0.365 e. The molecule has 2 atom stereocenters. The fourth-order valence-corrected chi connectivity index (χ4v) is 3.97. The second-order valence-corrected chi connectivity index (χ2v) is 7.80. The summed E-state index contributed by atoms with van der Waals surface area (Å²) in [4.78, 5) is 27.2. The van der Waals surface area contributed by atoms with Gasteiger partial charge in [0.05, 0.1) is 11.1 Å². The molecule has 2 unspecified atom stereocenters. The molecule has 0 saturated carbocycles. The van der Waals surface area contributed by atoms with Gasteiger partial charge in [-0.1, -0.05) is 12.1 Å². The van der Waals surface area contributed by atoms with Crippen LogP contribution in [0.1, 0.15) is 35.7 Å². The Hall–Kier alpha value is -3.56. The lowest BCUT2D eigenvalue weighted by Crippen LogP contribution is -2.52. The minimum absolute atomic E-state index is 0.108. The third-order valence-electron chi connectivity index (χ3n) is 5.71. The molecule has 172 valence electrons. The molecular weight excluding hydrogens is 438 g/mol. The van der Waals surface area contributed by atoms with Crippen LogP contribution in [0.5, 0.6) is 0 Å². The third kappa shape index (κ3) is 4.79. The van der Waals surface area contributed by atoms with Crippen LogP contribution in [-0.2, 0) is 6.18 Å². The van der Waals surface area contributed by atoms with Crippen LogP contribution < -0.4 is 5.32 Å². The molecule has 2 aromatic heterocycles. The van der Waals surface area contributed by atoms with Gasteiger partial charge in [-0.3, -0.25) is 4.79 Å². The molecule has 10 heteroatoms. The maximum Gasteiger partial charge on any atom is 0.417 e. The molecule has 1 N–H and O–H groups in total. The van der Waals surface area contributed by atoms with Gasteiger partial charge in [0.1, 0.15) is 11.6 Å². The second-order valence-electron chi connectivity index (χ2n) is 7.80. The Morgan fingerprint density at radius 1 is 1.09 bits per heavy atom. The van der Waals surface area contributed by atoms with Gasteiger partial charge in [0, 0.05) is 42.8 Å². The number of halogens is 4. The molecule has 1 aliphatic heterocycles. The van der Waals surface area contributed by atoms with Gasteiger partial charge in [-0.25, -0.2) is 19.3 Å². The molecule has 0 radical (unpaired) electrons. The number of hydrogen-bond acceptors (Lipinski definition) is 5. The van der Waals surface area contributed by atoms with Crippen molar-refractivity contribution >= 4 is 11.7 Å². The lowest BCUT2D eigenvalue weighted by molar-refractivity contribution is -0.137. The molecule has 1 aliphatic rings. The predicted octanol–water partition coefficient (Wildman–Crippen LogP) is 4.80. The Bertz CT molecular complexity index is 1120. The largest absolute Gasteiger partial charge is 0.417 e. The summed E-state index contributed by atoms with van der Waals surface area (Å²) in [5, 5.41) is 3.12. The Labute approximate surface area is 187 Å². The van der Waals surface area contributed by atoms with Crippen LogP contribution in [-0.4, -0.2) is 44.4 Å². The first-order chi connectivity index (χ1) is 15.8. The van der Waals surface area contributed by atoms with Crippen molar-refractivity contribution < 1.29 is 22.4 Å². The zero-order valence-corrected chi connectivity index (χ0v) is 17.7. The lowest BCUT2D eigenvalue weighted by Gasteiger charge is -2.40. The number of pyridine rings is 1. The summed E-state index contributed by atoms with van der Waals surface area (Å²) in [6, 6.07) is 7.53. The summed E-state index contributed by atoms with van der Waals surface area (Å²) < 4.78 is 53.2. The van der Waals surface area contributed by atoms with Crippen LogP contribution in [0.15, 0.2) is 55.0 Å². The van der Waals surface area contributed by atoms with Gasteiger partial charge in [0.2, 0.25) is 0 Å². The van der Waals surface area contributed by atoms with Crippen molar-refractivity contribution in [3.05, 3.63) is 71.9 Å². The molecule has 6 nitrogen and oxygen atoms in total. The first kappa shape index (κ1) is 22.6. The number of hydrogen-bond donors (Lipinski definition) is 1. The molecule has 0 aliphatic carbocycles. The Balaban J connectivity index is 1.56. The van der Waals surface area contributed by atoms with Crippen LogP contribution in [0.25, 0.3) is 11.4 Å². The fraction of sp³-hybridized carbons (Fsp3) is 0.304. The highest BCUT2D eigenvalue weighted by Gasteiger charge is 2.35.